The lowest BCUT2D eigenvalue weighted by molar-refractivity contribution is 0.293. The van der Waals surface area contributed by atoms with E-state index < -0.39 is 0 Å². The van der Waals surface area contributed by atoms with Crippen LogP contribution in [0.15, 0.2) is 35.2 Å². The summed E-state index contributed by atoms with van der Waals surface area (Å²) in [6.07, 6.45) is 4.73. The van der Waals surface area contributed by atoms with Crippen molar-refractivity contribution in [2.24, 2.45) is 7.05 Å². The van der Waals surface area contributed by atoms with Crippen molar-refractivity contribution in [3.05, 3.63) is 46.5 Å². The van der Waals surface area contributed by atoms with Gasteiger partial charge in [-0.1, -0.05) is 22.9 Å². The molecule has 1 heterocycles. The maximum absolute atomic E-state index is 5.93. The van der Waals surface area contributed by atoms with E-state index in [0.717, 1.165) is 41.0 Å². The number of benzene rings is 1. The van der Waals surface area contributed by atoms with Gasteiger partial charge in [0.15, 0.2) is 0 Å². The van der Waals surface area contributed by atoms with E-state index in [9.17, 15) is 0 Å². The second kappa shape index (κ2) is 7.45. The first-order chi connectivity index (χ1) is 9.70. The average Bonchev–Trinajstić information content (AvgIpc) is 2.84. The van der Waals surface area contributed by atoms with Gasteiger partial charge in [-0.2, -0.15) is 0 Å². The Morgan fingerprint density at radius 2 is 2.25 bits per heavy atom. The molecule has 0 spiro atoms. The van der Waals surface area contributed by atoms with Gasteiger partial charge in [0.1, 0.15) is 12.4 Å². The number of aromatic nitrogens is 2. The number of imidazole rings is 1. The highest BCUT2D eigenvalue weighted by molar-refractivity contribution is 9.10. The van der Waals surface area contributed by atoms with E-state index in [4.69, 9.17) is 4.74 Å². The number of ether oxygens (including phenoxy) is 1. The molecule has 5 heteroatoms. The second-order valence-corrected chi connectivity index (χ2v) is 5.63. The van der Waals surface area contributed by atoms with Gasteiger partial charge in [-0.05, 0) is 31.2 Å². The highest BCUT2D eigenvalue weighted by atomic mass is 79.9. The van der Waals surface area contributed by atoms with Gasteiger partial charge in [0, 0.05) is 23.6 Å². The molecule has 0 atom stereocenters. The van der Waals surface area contributed by atoms with Crippen LogP contribution in [0.25, 0.3) is 0 Å². The zero-order chi connectivity index (χ0) is 14.4. The van der Waals surface area contributed by atoms with Crippen molar-refractivity contribution in [2.45, 2.75) is 26.5 Å². The molecule has 20 heavy (non-hydrogen) atoms. The summed E-state index contributed by atoms with van der Waals surface area (Å²) in [5.41, 5.74) is 2.22. The Morgan fingerprint density at radius 3 is 2.95 bits per heavy atom. The molecule has 1 N–H and O–H groups in total. The van der Waals surface area contributed by atoms with E-state index in [1.54, 1.807) is 6.33 Å². The van der Waals surface area contributed by atoms with Gasteiger partial charge in [-0.3, -0.25) is 0 Å². The molecule has 0 radical (unpaired) electrons. The Morgan fingerprint density at radius 1 is 1.40 bits per heavy atom. The van der Waals surface area contributed by atoms with Crippen LogP contribution in [0.1, 0.15) is 24.6 Å². The summed E-state index contributed by atoms with van der Waals surface area (Å²) in [5, 5.41) is 3.41. The summed E-state index contributed by atoms with van der Waals surface area (Å²) >= 11 is 3.51. The molecule has 4 nitrogen and oxygen atoms in total. The van der Waals surface area contributed by atoms with Crippen molar-refractivity contribution >= 4 is 15.9 Å². The van der Waals surface area contributed by atoms with Crippen LogP contribution in [0.2, 0.25) is 0 Å². The standard InChI is InChI=1S/C15H20BrN3O/c1-3-6-17-8-12-7-13(16)4-5-15(12)20-10-14-9-18-11-19(14)2/h4-5,7,9,11,17H,3,6,8,10H2,1-2H3. The summed E-state index contributed by atoms with van der Waals surface area (Å²) in [4.78, 5) is 4.09. The van der Waals surface area contributed by atoms with Crippen molar-refractivity contribution < 1.29 is 4.74 Å². The van der Waals surface area contributed by atoms with Gasteiger partial charge < -0.3 is 14.6 Å². The Kier molecular flexibility index (Phi) is 5.61. The molecular weight excluding hydrogens is 318 g/mol. The fourth-order valence-corrected chi connectivity index (χ4v) is 2.31. The van der Waals surface area contributed by atoms with Gasteiger partial charge in [-0.25, -0.2) is 4.98 Å². The topological polar surface area (TPSA) is 39.1 Å². The summed E-state index contributed by atoms with van der Waals surface area (Å²) in [7, 11) is 1.97. The number of nitrogens with one attached hydrogen (secondary N) is 1. The maximum Gasteiger partial charge on any atom is 0.130 e. The number of hydrogen-bond donors (Lipinski definition) is 1. The number of rotatable bonds is 7. The lowest BCUT2D eigenvalue weighted by Gasteiger charge is -2.13. The first-order valence-corrected chi connectivity index (χ1v) is 7.57. The lowest BCUT2D eigenvalue weighted by atomic mass is 10.2. The predicted octanol–water partition coefficient (Wildman–Crippen LogP) is 3.26. The van der Waals surface area contributed by atoms with Gasteiger partial charge in [0.2, 0.25) is 0 Å². The third kappa shape index (κ3) is 4.08. The van der Waals surface area contributed by atoms with Crippen molar-refractivity contribution in [1.82, 2.24) is 14.9 Å². The minimum Gasteiger partial charge on any atom is -0.487 e. The summed E-state index contributed by atoms with van der Waals surface area (Å²) in [5.74, 6) is 0.915. The first kappa shape index (κ1) is 15.1. The van der Waals surface area contributed by atoms with E-state index >= 15 is 0 Å². The lowest BCUT2D eigenvalue weighted by Crippen LogP contribution is -2.15. The summed E-state index contributed by atoms with van der Waals surface area (Å²) in [6.45, 7) is 4.51. The molecule has 0 saturated carbocycles. The Bertz CT molecular complexity index is 554. The van der Waals surface area contributed by atoms with E-state index in [1.807, 2.05) is 29.9 Å². The molecule has 1 aromatic heterocycles. The zero-order valence-electron chi connectivity index (χ0n) is 11.9. The van der Waals surface area contributed by atoms with Gasteiger partial charge in [-0.15, -0.1) is 0 Å². The molecule has 108 valence electrons. The summed E-state index contributed by atoms with van der Waals surface area (Å²) in [6, 6.07) is 6.10. The number of hydrogen-bond acceptors (Lipinski definition) is 3. The number of halogens is 1. The molecule has 0 saturated heterocycles. The van der Waals surface area contributed by atoms with Crippen LogP contribution in [0.5, 0.6) is 5.75 Å². The molecule has 0 bridgehead atoms. The third-order valence-electron chi connectivity index (χ3n) is 3.06. The van der Waals surface area contributed by atoms with Crippen molar-refractivity contribution in [2.75, 3.05) is 6.54 Å². The molecular formula is C15H20BrN3O. The van der Waals surface area contributed by atoms with E-state index in [2.05, 4.69) is 39.2 Å². The molecule has 0 aliphatic heterocycles. The molecule has 0 aliphatic carbocycles. The third-order valence-corrected chi connectivity index (χ3v) is 3.55. The molecule has 0 unspecified atom stereocenters. The van der Waals surface area contributed by atoms with Gasteiger partial charge in [0.05, 0.1) is 18.2 Å². The highest BCUT2D eigenvalue weighted by Crippen LogP contribution is 2.24. The molecule has 2 aromatic rings. The SMILES string of the molecule is CCCNCc1cc(Br)ccc1OCc1cncn1C. The monoisotopic (exact) mass is 337 g/mol. The predicted molar refractivity (Wildman–Crippen MR) is 83.7 cm³/mol. The quantitative estimate of drug-likeness (QED) is 0.788. The van der Waals surface area contributed by atoms with Gasteiger partial charge >= 0.3 is 0 Å². The largest absolute Gasteiger partial charge is 0.487 e. The van der Waals surface area contributed by atoms with Crippen molar-refractivity contribution in [1.29, 1.82) is 0 Å². The molecule has 0 aliphatic rings. The first-order valence-electron chi connectivity index (χ1n) is 6.78. The number of aryl methyl sites for hydroxylation is 1. The molecule has 1 aromatic carbocycles. The molecule has 0 fully saturated rings. The van der Waals surface area contributed by atoms with Crippen molar-refractivity contribution in [3.8, 4) is 5.75 Å². The molecule has 2 rings (SSSR count). The van der Waals surface area contributed by atoms with E-state index in [-0.39, 0.29) is 0 Å². The van der Waals surface area contributed by atoms with Crippen LogP contribution in [0.3, 0.4) is 0 Å². The number of nitrogens with zero attached hydrogens (tertiary/aromatic N) is 2. The van der Waals surface area contributed by atoms with Crippen molar-refractivity contribution in [3.63, 3.8) is 0 Å². The Hall–Kier alpha value is -1.33. The van der Waals surface area contributed by atoms with E-state index in [0.29, 0.717) is 6.61 Å². The van der Waals surface area contributed by atoms with Crippen LogP contribution in [-0.4, -0.2) is 16.1 Å². The van der Waals surface area contributed by atoms with Crippen LogP contribution < -0.4 is 10.1 Å². The fraction of sp³-hybridized carbons (Fsp3) is 0.400. The summed E-state index contributed by atoms with van der Waals surface area (Å²) < 4.78 is 8.96. The second-order valence-electron chi connectivity index (χ2n) is 4.71. The van der Waals surface area contributed by atoms with Crippen LogP contribution in [0, 0.1) is 0 Å². The van der Waals surface area contributed by atoms with Crippen LogP contribution in [0.4, 0.5) is 0 Å². The van der Waals surface area contributed by atoms with E-state index in [1.165, 1.54) is 0 Å². The average molecular weight is 338 g/mol. The normalized spacial score (nSPS) is 10.8. The maximum atomic E-state index is 5.93. The fourth-order valence-electron chi connectivity index (χ4n) is 1.90. The Labute approximate surface area is 128 Å². The minimum atomic E-state index is 0.527. The molecule has 0 amide bonds. The smallest absolute Gasteiger partial charge is 0.130 e. The van der Waals surface area contributed by atoms with Crippen LogP contribution in [-0.2, 0) is 20.2 Å². The Balaban J connectivity index is 2.04. The van der Waals surface area contributed by atoms with Gasteiger partial charge in [0.25, 0.3) is 0 Å². The minimum absolute atomic E-state index is 0.527. The highest BCUT2D eigenvalue weighted by Gasteiger charge is 2.06. The van der Waals surface area contributed by atoms with Crippen LogP contribution >= 0.6 is 15.9 Å². The zero-order valence-corrected chi connectivity index (χ0v) is 13.5.